The number of rotatable bonds is 3. The third kappa shape index (κ3) is 2.73. The van der Waals surface area contributed by atoms with Gasteiger partial charge in [-0.3, -0.25) is 9.59 Å². The number of carbonyl (C=O) groups is 2. The van der Waals surface area contributed by atoms with Crippen molar-refractivity contribution >= 4 is 11.8 Å². The minimum absolute atomic E-state index is 0.0715. The van der Waals surface area contributed by atoms with Gasteiger partial charge in [-0.05, 0) is 37.0 Å². The van der Waals surface area contributed by atoms with Crippen molar-refractivity contribution in [3.8, 4) is 5.75 Å². The lowest BCUT2D eigenvalue weighted by Gasteiger charge is -2.42. The van der Waals surface area contributed by atoms with Crippen LogP contribution in [0.3, 0.4) is 0 Å². The Morgan fingerprint density at radius 3 is 2.95 bits per heavy atom. The van der Waals surface area contributed by atoms with E-state index < -0.39 is 0 Å². The second-order valence-electron chi connectivity index (χ2n) is 5.64. The molecule has 0 bridgehead atoms. The molecule has 0 spiro atoms. The number of methoxy groups -OCH3 is 1. The number of piperazine rings is 1. The van der Waals surface area contributed by atoms with Gasteiger partial charge in [-0.25, -0.2) is 0 Å². The van der Waals surface area contributed by atoms with Crippen LogP contribution in [0.15, 0.2) is 24.3 Å². The van der Waals surface area contributed by atoms with E-state index in [9.17, 15) is 9.59 Å². The van der Waals surface area contributed by atoms with E-state index in [0.717, 1.165) is 37.1 Å². The molecule has 0 N–H and O–H groups in total. The normalized spacial score (nSPS) is 22.2. The third-order valence-corrected chi connectivity index (χ3v) is 4.25. The second-order valence-corrected chi connectivity index (χ2v) is 5.64. The van der Waals surface area contributed by atoms with Crippen LogP contribution in [0, 0.1) is 0 Å². The summed E-state index contributed by atoms with van der Waals surface area (Å²) in [4.78, 5) is 28.2. The quantitative estimate of drug-likeness (QED) is 0.845. The Morgan fingerprint density at radius 2 is 2.14 bits per heavy atom. The summed E-state index contributed by atoms with van der Waals surface area (Å²) in [6.45, 7) is 1.38. The Morgan fingerprint density at radius 1 is 1.29 bits per heavy atom. The number of nitrogens with zero attached hydrogens (tertiary/aromatic N) is 2. The number of amides is 2. The maximum atomic E-state index is 12.6. The lowest BCUT2D eigenvalue weighted by molar-refractivity contribution is -0.158. The van der Waals surface area contributed by atoms with Gasteiger partial charge < -0.3 is 14.5 Å². The summed E-state index contributed by atoms with van der Waals surface area (Å²) in [5.41, 5.74) is 0.986. The van der Waals surface area contributed by atoms with Gasteiger partial charge in [0.15, 0.2) is 0 Å². The van der Waals surface area contributed by atoms with E-state index in [2.05, 4.69) is 0 Å². The van der Waals surface area contributed by atoms with Crippen LogP contribution in [0.5, 0.6) is 5.75 Å². The maximum Gasteiger partial charge on any atom is 0.246 e. The Kier molecular flexibility index (Phi) is 3.82. The number of fused-ring (bicyclic) bond motifs is 1. The fourth-order valence-corrected chi connectivity index (χ4v) is 3.15. The van der Waals surface area contributed by atoms with Crippen molar-refractivity contribution in [3.63, 3.8) is 0 Å². The van der Waals surface area contributed by atoms with Gasteiger partial charge in [-0.1, -0.05) is 12.1 Å². The largest absolute Gasteiger partial charge is 0.497 e. The molecule has 3 rings (SSSR count). The molecule has 2 aliphatic rings. The predicted octanol–water partition coefficient (Wildman–Crippen LogP) is 1.42. The van der Waals surface area contributed by atoms with Gasteiger partial charge in [0.25, 0.3) is 0 Å². The Bertz CT molecular complexity index is 558. The summed E-state index contributed by atoms with van der Waals surface area (Å²) >= 11 is 0. The first kappa shape index (κ1) is 13.9. The lowest BCUT2D eigenvalue weighted by atomic mass is 9.98. The number of hydrogen-bond donors (Lipinski definition) is 0. The maximum absolute atomic E-state index is 12.6. The topological polar surface area (TPSA) is 49.9 Å². The van der Waals surface area contributed by atoms with E-state index in [4.69, 9.17) is 4.74 Å². The minimum atomic E-state index is -0.245. The average Bonchev–Trinajstić information content (AvgIpc) is 2.52. The van der Waals surface area contributed by atoms with Crippen LogP contribution in [0.1, 0.15) is 24.8 Å². The standard InChI is InChI=1S/C16H20N2O3/c1-21-13-6-4-5-12(9-13)10-17-11-15(19)18-8-3-2-7-14(18)16(17)20/h4-6,9,14H,2-3,7-8,10-11H2,1H3. The molecular formula is C16H20N2O3. The highest BCUT2D eigenvalue weighted by Gasteiger charge is 2.40. The molecule has 2 aliphatic heterocycles. The molecule has 112 valence electrons. The molecule has 1 atom stereocenters. The molecule has 0 radical (unpaired) electrons. The van der Waals surface area contributed by atoms with Crippen molar-refractivity contribution in [3.05, 3.63) is 29.8 Å². The summed E-state index contributed by atoms with van der Waals surface area (Å²) in [6.07, 6.45) is 2.82. The molecule has 1 aromatic carbocycles. The van der Waals surface area contributed by atoms with Crippen LogP contribution < -0.4 is 4.74 Å². The smallest absolute Gasteiger partial charge is 0.246 e. The molecule has 0 saturated carbocycles. The van der Waals surface area contributed by atoms with Crippen molar-refractivity contribution in [2.75, 3.05) is 20.2 Å². The van der Waals surface area contributed by atoms with Crippen molar-refractivity contribution in [1.82, 2.24) is 9.80 Å². The minimum Gasteiger partial charge on any atom is -0.497 e. The van der Waals surface area contributed by atoms with E-state index in [1.807, 2.05) is 24.3 Å². The first-order valence-corrected chi connectivity index (χ1v) is 7.40. The molecule has 2 saturated heterocycles. The first-order valence-electron chi connectivity index (χ1n) is 7.40. The third-order valence-electron chi connectivity index (χ3n) is 4.25. The average molecular weight is 288 g/mol. The number of benzene rings is 1. The van der Waals surface area contributed by atoms with Gasteiger partial charge in [-0.15, -0.1) is 0 Å². The highest BCUT2D eigenvalue weighted by atomic mass is 16.5. The zero-order valence-corrected chi connectivity index (χ0v) is 12.2. The molecule has 2 amide bonds. The molecule has 0 aliphatic carbocycles. The van der Waals surface area contributed by atoms with E-state index in [1.165, 1.54) is 0 Å². The molecule has 5 nitrogen and oxygen atoms in total. The second kappa shape index (κ2) is 5.76. The number of piperidine rings is 1. The zero-order valence-electron chi connectivity index (χ0n) is 12.2. The fraction of sp³-hybridized carbons (Fsp3) is 0.500. The van der Waals surface area contributed by atoms with Gasteiger partial charge in [-0.2, -0.15) is 0 Å². The predicted molar refractivity (Wildman–Crippen MR) is 77.8 cm³/mol. The Hall–Kier alpha value is -2.04. The number of carbonyl (C=O) groups excluding carboxylic acids is 2. The van der Waals surface area contributed by atoms with Crippen LogP contribution >= 0.6 is 0 Å². The van der Waals surface area contributed by atoms with E-state index in [0.29, 0.717) is 6.54 Å². The van der Waals surface area contributed by atoms with Crippen molar-refractivity contribution in [2.45, 2.75) is 31.8 Å². The molecule has 2 fully saturated rings. The molecule has 0 aromatic heterocycles. The summed E-state index contributed by atoms with van der Waals surface area (Å²) in [5.74, 6) is 0.918. The van der Waals surface area contributed by atoms with Crippen molar-refractivity contribution < 1.29 is 14.3 Å². The SMILES string of the molecule is COc1cccc(CN2CC(=O)N3CCCCC3C2=O)c1. The van der Waals surface area contributed by atoms with Crippen LogP contribution in [0.25, 0.3) is 0 Å². The molecule has 1 unspecified atom stereocenters. The van der Waals surface area contributed by atoms with Gasteiger partial charge >= 0.3 is 0 Å². The Labute approximate surface area is 124 Å². The fourth-order valence-electron chi connectivity index (χ4n) is 3.15. The monoisotopic (exact) mass is 288 g/mol. The van der Waals surface area contributed by atoms with Gasteiger partial charge in [0.1, 0.15) is 18.3 Å². The summed E-state index contributed by atoms with van der Waals surface area (Å²) in [6, 6.07) is 7.39. The van der Waals surface area contributed by atoms with Gasteiger partial charge in [0, 0.05) is 13.1 Å². The zero-order chi connectivity index (χ0) is 14.8. The summed E-state index contributed by atoms with van der Waals surface area (Å²) in [5, 5.41) is 0. The molecule has 2 heterocycles. The highest BCUT2D eigenvalue weighted by molar-refractivity contribution is 5.95. The van der Waals surface area contributed by atoms with Crippen LogP contribution in [0.4, 0.5) is 0 Å². The van der Waals surface area contributed by atoms with Crippen LogP contribution in [0.2, 0.25) is 0 Å². The summed E-state index contributed by atoms with van der Waals surface area (Å²) in [7, 11) is 1.62. The molecule has 5 heteroatoms. The first-order chi connectivity index (χ1) is 10.2. The van der Waals surface area contributed by atoms with Crippen molar-refractivity contribution in [2.24, 2.45) is 0 Å². The van der Waals surface area contributed by atoms with Gasteiger partial charge in [0.2, 0.25) is 11.8 Å². The van der Waals surface area contributed by atoms with Crippen molar-refractivity contribution in [1.29, 1.82) is 0 Å². The molecule has 1 aromatic rings. The van der Waals surface area contributed by atoms with Crippen LogP contribution in [-0.4, -0.2) is 47.9 Å². The molecular weight excluding hydrogens is 268 g/mol. The van der Waals surface area contributed by atoms with Crippen LogP contribution in [-0.2, 0) is 16.1 Å². The Balaban J connectivity index is 1.76. The lowest BCUT2D eigenvalue weighted by Crippen LogP contribution is -2.60. The number of ether oxygens (including phenoxy) is 1. The van der Waals surface area contributed by atoms with E-state index in [1.54, 1.807) is 16.9 Å². The molecule has 21 heavy (non-hydrogen) atoms. The highest BCUT2D eigenvalue weighted by Crippen LogP contribution is 2.24. The summed E-state index contributed by atoms with van der Waals surface area (Å²) < 4.78 is 5.20. The van der Waals surface area contributed by atoms with Gasteiger partial charge in [0.05, 0.1) is 7.11 Å². The number of hydrogen-bond acceptors (Lipinski definition) is 3. The van der Waals surface area contributed by atoms with E-state index >= 15 is 0 Å². The van der Waals surface area contributed by atoms with E-state index in [-0.39, 0.29) is 24.4 Å².